The largest absolute Gasteiger partial charge is 0.454 e. The Bertz CT molecular complexity index is 1160. The van der Waals surface area contributed by atoms with Crippen LogP contribution in [0, 0.1) is 0 Å². The minimum Gasteiger partial charge on any atom is -0.454 e. The van der Waals surface area contributed by atoms with Gasteiger partial charge in [0.2, 0.25) is 12.6 Å². The molecular formula is C21H25N6O4+. The maximum absolute atomic E-state index is 13.2. The molecule has 1 aromatic carbocycles. The first-order chi connectivity index (χ1) is 15.3. The topological polar surface area (TPSA) is 109 Å². The highest BCUT2D eigenvalue weighted by Crippen LogP contribution is 2.35. The Morgan fingerprint density at radius 1 is 1.16 bits per heavy atom. The summed E-state index contributed by atoms with van der Waals surface area (Å²) in [6.07, 6.45) is 4.44. The van der Waals surface area contributed by atoms with E-state index in [0.717, 1.165) is 62.1 Å². The first-order valence-corrected chi connectivity index (χ1v) is 10.9. The molecule has 162 valence electrons. The van der Waals surface area contributed by atoms with Crippen LogP contribution in [0.3, 0.4) is 0 Å². The normalized spacial score (nSPS) is 21.9. The zero-order chi connectivity index (χ0) is 20.8. The monoisotopic (exact) mass is 425 g/mol. The van der Waals surface area contributed by atoms with Crippen LogP contribution in [0.2, 0.25) is 0 Å². The molecule has 3 aliphatic heterocycles. The van der Waals surface area contributed by atoms with E-state index in [-0.39, 0.29) is 24.5 Å². The van der Waals surface area contributed by atoms with Gasteiger partial charge in [-0.3, -0.25) is 4.79 Å². The Labute approximate surface area is 178 Å². The van der Waals surface area contributed by atoms with Gasteiger partial charge in [0, 0.05) is 30.9 Å². The van der Waals surface area contributed by atoms with Crippen LogP contribution in [-0.2, 0) is 11.3 Å². The van der Waals surface area contributed by atoms with E-state index >= 15 is 0 Å². The average Bonchev–Trinajstić information content (AvgIpc) is 3.57. The molecule has 2 saturated heterocycles. The summed E-state index contributed by atoms with van der Waals surface area (Å²) in [6, 6.07) is 5.46. The molecule has 0 bridgehead atoms. The summed E-state index contributed by atoms with van der Waals surface area (Å²) in [5, 5.41) is 13.5. The standard InChI is InChI=1S/C21H24N6O4/c28-21-15(8-13-9-17-18(31-12-30-17)10-16(13)22-21)19(26-5-1-2-6-26)20-23-24-25-27(20)11-14-4-3-7-29-14/h8-10,14,19H,1-7,11-12H2,(H,22,28)/p+1/t14-,19-/m1/s1. The third kappa shape index (κ3) is 3.35. The van der Waals surface area contributed by atoms with Crippen molar-refractivity contribution in [3.8, 4) is 11.5 Å². The summed E-state index contributed by atoms with van der Waals surface area (Å²) in [4.78, 5) is 17.6. The number of fused-ring (bicyclic) bond motifs is 2. The lowest BCUT2D eigenvalue weighted by Gasteiger charge is -2.24. The van der Waals surface area contributed by atoms with Crippen molar-refractivity contribution in [3.05, 3.63) is 39.9 Å². The number of hydrogen-bond donors (Lipinski definition) is 2. The lowest BCUT2D eigenvalue weighted by molar-refractivity contribution is -0.914. The van der Waals surface area contributed by atoms with Crippen LogP contribution in [-0.4, -0.2) is 57.8 Å². The van der Waals surface area contributed by atoms with E-state index in [1.807, 2.05) is 22.9 Å². The molecule has 0 radical (unpaired) electrons. The van der Waals surface area contributed by atoms with Crippen LogP contribution in [0.25, 0.3) is 10.9 Å². The SMILES string of the molecule is O=c1[nH]c2cc3c(cc2cc1[C@H](c1nnnn1C[C@H]1CCCO1)[NH+]1CCCC1)OCO3. The van der Waals surface area contributed by atoms with Crippen molar-refractivity contribution in [3.63, 3.8) is 0 Å². The predicted molar refractivity (Wildman–Crippen MR) is 109 cm³/mol. The highest BCUT2D eigenvalue weighted by atomic mass is 16.7. The van der Waals surface area contributed by atoms with Crippen LogP contribution in [0.1, 0.15) is 43.1 Å². The number of aromatic nitrogens is 5. The number of benzene rings is 1. The summed E-state index contributed by atoms with van der Waals surface area (Å²) in [7, 11) is 0. The minimum atomic E-state index is -0.238. The summed E-state index contributed by atoms with van der Waals surface area (Å²) < 4.78 is 18.6. The Balaban J connectivity index is 1.45. The van der Waals surface area contributed by atoms with Crippen LogP contribution >= 0.6 is 0 Å². The number of nitrogens with one attached hydrogen (secondary N) is 2. The van der Waals surface area contributed by atoms with Gasteiger partial charge in [-0.1, -0.05) is 0 Å². The number of quaternary nitrogens is 1. The molecule has 0 aliphatic carbocycles. The number of pyridine rings is 1. The number of H-pyrrole nitrogens is 1. The summed E-state index contributed by atoms with van der Waals surface area (Å²) in [5.41, 5.74) is 1.28. The molecule has 10 nitrogen and oxygen atoms in total. The zero-order valence-electron chi connectivity index (χ0n) is 17.2. The molecular weight excluding hydrogens is 400 g/mol. The first kappa shape index (κ1) is 18.8. The summed E-state index contributed by atoms with van der Waals surface area (Å²) in [5.74, 6) is 2.06. The number of hydrogen-bond acceptors (Lipinski definition) is 7. The number of tetrazole rings is 1. The fourth-order valence-corrected chi connectivity index (χ4v) is 5.02. The van der Waals surface area contributed by atoms with Crippen LogP contribution < -0.4 is 19.9 Å². The number of rotatable bonds is 5. The molecule has 0 spiro atoms. The molecule has 0 saturated carbocycles. The van der Waals surface area contributed by atoms with Gasteiger partial charge in [-0.25, -0.2) is 4.68 Å². The second kappa shape index (κ2) is 7.61. The number of ether oxygens (including phenoxy) is 3. The van der Waals surface area contributed by atoms with Gasteiger partial charge < -0.3 is 24.1 Å². The van der Waals surface area contributed by atoms with Crippen molar-refractivity contribution in [2.75, 3.05) is 26.5 Å². The fraction of sp³-hybridized carbons (Fsp3) is 0.524. The third-order valence-corrected chi connectivity index (χ3v) is 6.55. The number of nitrogens with zero attached hydrogens (tertiary/aromatic N) is 4. The van der Waals surface area contributed by atoms with Gasteiger partial charge in [0.15, 0.2) is 17.5 Å². The van der Waals surface area contributed by atoms with E-state index in [1.165, 1.54) is 4.90 Å². The Hall–Kier alpha value is -2.98. The van der Waals surface area contributed by atoms with Crippen molar-refractivity contribution in [2.45, 2.75) is 44.4 Å². The first-order valence-electron chi connectivity index (χ1n) is 10.9. The lowest BCUT2D eigenvalue weighted by Crippen LogP contribution is -3.10. The second-order valence-electron chi connectivity index (χ2n) is 8.50. The maximum Gasteiger partial charge on any atom is 0.258 e. The van der Waals surface area contributed by atoms with Crippen molar-refractivity contribution >= 4 is 10.9 Å². The van der Waals surface area contributed by atoms with Crippen molar-refractivity contribution in [1.82, 2.24) is 25.2 Å². The molecule has 3 aromatic rings. The smallest absolute Gasteiger partial charge is 0.258 e. The fourth-order valence-electron chi connectivity index (χ4n) is 5.02. The van der Waals surface area contributed by atoms with Gasteiger partial charge in [0.25, 0.3) is 5.56 Å². The van der Waals surface area contributed by atoms with E-state index in [2.05, 4.69) is 20.5 Å². The van der Waals surface area contributed by atoms with Crippen molar-refractivity contribution < 1.29 is 19.1 Å². The van der Waals surface area contributed by atoms with Gasteiger partial charge in [-0.05, 0) is 35.4 Å². The Morgan fingerprint density at radius 3 is 2.81 bits per heavy atom. The van der Waals surface area contributed by atoms with E-state index in [0.29, 0.717) is 23.6 Å². The highest BCUT2D eigenvalue weighted by Gasteiger charge is 2.36. The lowest BCUT2D eigenvalue weighted by atomic mass is 10.0. The van der Waals surface area contributed by atoms with Crippen LogP contribution in [0.4, 0.5) is 0 Å². The minimum absolute atomic E-state index is 0.117. The van der Waals surface area contributed by atoms with Gasteiger partial charge in [0.05, 0.1) is 36.8 Å². The van der Waals surface area contributed by atoms with E-state index in [9.17, 15) is 4.79 Å². The summed E-state index contributed by atoms with van der Waals surface area (Å²) in [6.45, 7) is 3.55. The molecule has 2 fully saturated rings. The molecule has 0 amide bonds. The highest BCUT2D eigenvalue weighted by molar-refractivity contribution is 5.83. The van der Waals surface area contributed by atoms with E-state index in [4.69, 9.17) is 14.2 Å². The molecule has 10 heteroatoms. The predicted octanol–water partition coefficient (Wildman–Crippen LogP) is 0.190. The second-order valence-corrected chi connectivity index (χ2v) is 8.50. The van der Waals surface area contributed by atoms with Crippen LogP contribution in [0.15, 0.2) is 23.0 Å². The zero-order valence-corrected chi connectivity index (χ0v) is 17.2. The molecule has 0 unspecified atom stereocenters. The van der Waals surface area contributed by atoms with Crippen molar-refractivity contribution in [2.24, 2.45) is 0 Å². The summed E-state index contributed by atoms with van der Waals surface area (Å²) >= 11 is 0. The molecule has 2 atom stereocenters. The Morgan fingerprint density at radius 2 is 2.00 bits per heavy atom. The molecule has 5 heterocycles. The molecule has 3 aliphatic rings. The average molecular weight is 425 g/mol. The maximum atomic E-state index is 13.2. The van der Waals surface area contributed by atoms with Gasteiger partial charge in [-0.2, -0.15) is 0 Å². The Kier molecular flexibility index (Phi) is 4.61. The van der Waals surface area contributed by atoms with E-state index in [1.54, 1.807) is 0 Å². The molecule has 6 rings (SSSR count). The number of likely N-dealkylation sites (tertiary alicyclic amines) is 1. The molecule has 31 heavy (non-hydrogen) atoms. The van der Waals surface area contributed by atoms with E-state index < -0.39 is 0 Å². The molecule has 2 N–H and O–H groups in total. The van der Waals surface area contributed by atoms with Crippen LogP contribution in [0.5, 0.6) is 11.5 Å². The quantitative estimate of drug-likeness (QED) is 0.601. The molecule has 2 aromatic heterocycles. The number of aromatic amines is 1. The van der Waals surface area contributed by atoms with Crippen molar-refractivity contribution in [1.29, 1.82) is 0 Å². The van der Waals surface area contributed by atoms with Gasteiger partial charge in [0.1, 0.15) is 0 Å². The van der Waals surface area contributed by atoms with Gasteiger partial charge in [-0.15, -0.1) is 5.10 Å². The third-order valence-electron chi connectivity index (χ3n) is 6.55. The van der Waals surface area contributed by atoms with Gasteiger partial charge >= 0.3 is 0 Å².